The number of aromatic nitrogens is 1. The first kappa shape index (κ1) is 15.0. The molecule has 0 radical (unpaired) electrons. The number of aryl methyl sites for hydroxylation is 1. The number of piperazine rings is 1. The number of amides is 1. The maximum Gasteiger partial charge on any atom is 0.276 e. The highest BCUT2D eigenvalue weighted by Crippen LogP contribution is 2.36. The van der Waals surface area contributed by atoms with Gasteiger partial charge >= 0.3 is 0 Å². The molecule has 1 aromatic heterocycles. The lowest BCUT2D eigenvalue weighted by Crippen LogP contribution is -2.46. The van der Waals surface area contributed by atoms with E-state index in [0.717, 1.165) is 25.3 Å². The number of fused-ring (bicyclic) bond motifs is 2. The molecule has 2 atom stereocenters. The molecule has 2 fully saturated rings. The molecule has 0 saturated carbocycles. The lowest BCUT2D eigenvalue weighted by molar-refractivity contribution is 0.0706. The molecule has 1 amide bonds. The Bertz CT molecular complexity index is 745. The van der Waals surface area contributed by atoms with Gasteiger partial charge in [0.05, 0.1) is 11.6 Å². The second-order valence-electron chi connectivity index (χ2n) is 6.53. The zero-order valence-electron chi connectivity index (χ0n) is 13.5. The molecule has 6 heteroatoms. The fourth-order valence-corrected chi connectivity index (χ4v) is 3.75. The molecular formula is C18H20N4O2. The lowest BCUT2D eigenvalue weighted by atomic mass is 10.2. The summed E-state index contributed by atoms with van der Waals surface area (Å²) in [6.45, 7) is 4.04. The summed E-state index contributed by atoms with van der Waals surface area (Å²) < 4.78 is 0. The summed E-state index contributed by atoms with van der Waals surface area (Å²) in [5.74, 6) is 0.350. The topological polar surface area (TPSA) is 68.7 Å². The molecule has 1 aromatic carbocycles. The fourth-order valence-electron chi connectivity index (χ4n) is 3.75. The maximum absolute atomic E-state index is 11.4. The zero-order chi connectivity index (χ0) is 16.7. The average molecular weight is 324 g/mol. The molecule has 0 spiro atoms. The minimum Gasteiger partial charge on any atom is -0.365 e. The van der Waals surface area contributed by atoms with Crippen molar-refractivity contribution in [2.75, 3.05) is 22.9 Å². The Labute approximate surface area is 140 Å². The Morgan fingerprint density at radius 3 is 2.42 bits per heavy atom. The van der Waals surface area contributed by atoms with Gasteiger partial charge in [0.2, 0.25) is 0 Å². The summed E-state index contributed by atoms with van der Waals surface area (Å²) in [5.41, 5.74) is 4.55. The third-order valence-electron chi connectivity index (χ3n) is 5.01. The second-order valence-corrected chi connectivity index (χ2v) is 6.53. The monoisotopic (exact) mass is 324 g/mol. The molecule has 2 aliphatic heterocycles. The SMILES string of the molecule is Cc1ccc(N2C[C@@H]3C[C@H]2CN3c2ccc(C(=O)NO)cn2)cc1. The van der Waals surface area contributed by atoms with Gasteiger partial charge in [-0.05, 0) is 37.6 Å². The first-order valence-corrected chi connectivity index (χ1v) is 8.16. The number of hydroxylamine groups is 1. The van der Waals surface area contributed by atoms with Gasteiger partial charge in [-0.15, -0.1) is 0 Å². The van der Waals surface area contributed by atoms with Crippen molar-refractivity contribution < 1.29 is 10.0 Å². The molecule has 124 valence electrons. The zero-order valence-corrected chi connectivity index (χ0v) is 13.5. The van der Waals surface area contributed by atoms with E-state index in [-0.39, 0.29) is 0 Å². The van der Waals surface area contributed by atoms with Crippen LogP contribution in [0.2, 0.25) is 0 Å². The summed E-state index contributed by atoms with van der Waals surface area (Å²) in [6, 6.07) is 13.2. The standard InChI is InChI=1S/C18H20N4O2/c1-12-2-5-14(6-3-12)21-10-16-8-15(21)11-22(16)17-7-4-13(9-19-17)18(23)20-24/h2-7,9,15-16,24H,8,10-11H2,1H3,(H,20,23)/t15-,16-/m0/s1. The van der Waals surface area contributed by atoms with Crippen LogP contribution in [0.3, 0.4) is 0 Å². The predicted octanol–water partition coefficient (Wildman–Crippen LogP) is 1.98. The number of nitrogens with zero attached hydrogens (tertiary/aromatic N) is 3. The molecular weight excluding hydrogens is 304 g/mol. The smallest absolute Gasteiger partial charge is 0.276 e. The van der Waals surface area contributed by atoms with E-state index in [1.54, 1.807) is 11.5 Å². The van der Waals surface area contributed by atoms with Gasteiger partial charge in [0.15, 0.2) is 0 Å². The van der Waals surface area contributed by atoms with Crippen LogP contribution in [0, 0.1) is 6.92 Å². The van der Waals surface area contributed by atoms with Crippen LogP contribution in [0.15, 0.2) is 42.6 Å². The van der Waals surface area contributed by atoms with Crippen molar-refractivity contribution in [3.8, 4) is 0 Å². The fraction of sp³-hybridized carbons (Fsp3) is 0.333. The van der Waals surface area contributed by atoms with Crippen LogP contribution in [0.5, 0.6) is 0 Å². The van der Waals surface area contributed by atoms with Gasteiger partial charge < -0.3 is 9.80 Å². The maximum atomic E-state index is 11.4. The van der Waals surface area contributed by atoms with Gasteiger partial charge in [-0.3, -0.25) is 10.0 Å². The Balaban J connectivity index is 1.48. The number of rotatable bonds is 3. The van der Waals surface area contributed by atoms with Crippen molar-refractivity contribution in [1.82, 2.24) is 10.5 Å². The van der Waals surface area contributed by atoms with Crippen molar-refractivity contribution in [1.29, 1.82) is 0 Å². The largest absolute Gasteiger partial charge is 0.365 e. The van der Waals surface area contributed by atoms with E-state index in [0.29, 0.717) is 17.6 Å². The number of hydrogen-bond acceptors (Lipinski definition) is 5. The molecule has 6 nitrogen and oxygen atoms in total. The molecule has 24 heavy (non-hydrogen) atoms. The third-order valence-corrected chi connectivity index (χ3v) is 5.01. The predicted molar refractivity (Wildman–Crippen MR) is 91.6 cm³/mol. The van der Waals surface area contributed by atoms with E-state index >= 15 is 0 Å². The van der Waals surface area contributed by atoms with Crippen LogP contribution in [0.4, 0.5) is 11.5 Å². The Morgan fingerprint density at radius 1 is 1.12 bits per heavy atom. The Kier molecular flexibility index (Phi) is 3.61. The van der Waals surface area contributed by atoms with E-state index in [1.807, 2.05) is 6.07 Å². The van der Waals surface area contributed by atoms with Gasteiger partial charge in [0, 0.05) is 31.0 Å². The summed E-state index contributed by atoms with van der Waals surface area (Å²) in [5, 5.41) is 8.67. The number of nitrogens with one attached hydrogen (secondary N) is 1. The quantitative estimate of drug-likeness (QED) is 0.667. The molecule has 2 saturated heterocycles. The van der Waals surface area contributed by atoms with Crippen molar-refractivity contribution in [2.24, 2.45) is 0 Å². The van der Waals surface area contributed by atoms with Crippen molar-refractivity contribution in [2.45, 2.75) is 25.4 Å². The molecule has 4 rings (SSSR count). The van der Waals surface area contributed by atoms with Crippen molar-refractivity contribution in [3.05, 3.63) is 53.7 Å². The number of carbonyl (C=O) groups is 1. The highest BCUT2D eigenvalue weighted by Gasteiger charge is 2.43. The molecule has 3 heterocycles. The van der Waals surface area contributed by atoms with Gasteiger partial charge in [-0.25, -0.2) is 10.5 Å². The van der Waals surface area contributed by atoms with Crippen LogP contribution in [0.1, 0.15) is 22.3 Å². The number of pyridine rings is 1. The molecule has 0 aliphatic carbocycles. The summed E-state index contributed by atoms with van der Waals surface area (Å²) >= 11 is 0. The molecule has 2 N–H and O–H groups in total. The van der Waals surface area contributed by atoms with Gasteiger partial charge in [0.25, 0.3) is 5.91 Å². The second kappa shape index (κ2) is 5.79. The Morgan fingerprint density at radius 2 is 1.83 bits per heavy atom. The van der Waals surface area contributed by atoms with E-state index in [4.69, 9.17) is 5.21 Å². The van der Waals surface area contributed by atoms with Crippen molar-refractivity contribution in [3.63, 3.8) is 0 Å². The summed E-state index contributed by atoms with van der Waals surface area (Å²) in [4.78, 5) is 20.6. The number of carbonyl (C=O) groups excluding carboxylic acids is 1. The highest BCUT2D eigenvalue weighted by molar-refractivity contribution is 5.93. The van der Waals surface area contributed by atoms with Crippen LogP contribution < -0.4 is 15.3 Å². The minimum atomic E-state index is -0.539. The number of anilines is 2. The third kappa shape index (κ3) is 2.49. The molecule has 0 unspecified atom stereocenters. The normalized spacial score (nSPS) is 22.1. The van der Waals surface area contributed by atoms with Crippen LogP contribution >= 0.6 is 0 Å². The number of benzene rings is 1. The molecule has 2 aromatic rings. The Hall–Kier alpha value is -2.60. The van der Waals surface area contributed by atoms with E-state index in [1.165, 1.54) is 17.4 Å². The summed E-state index contributed by atoms with van der Waals surface area (Å²) in [7, 11) is 0. The molecule has 2 bridgehead atoms. The van der Waals surface area contributed by atoms with Gasteiger partial charge in [0.1, 0.15) is 5.82 Å². The first-order valence-electron chi connectivity index (χ1n) is 8.16. The van der Waals surface area contributed by atoms with Crippen LogP contribution in [0.25, 0.3) is 0 Å². The first-order chi connectivity index (χ1) is 11.7. The van der Waals surface area contributed by atoms with E-state index in [9.17, 15) is 4.79 Å². The van der Waals surface area contributed by atoms with Crippen LogP contribution in [-0.2, 0) is 0 Å². The van der Waals surface area contributed by atoms with Crippen LogP contribution in [-0.4, -0.2) is 41.3 Å². The number of hydrogen-bond donors (Lipinski definition) is 2. The van der Waals surface area contributed by atoms with E-state index in [2.05, 4.69) is 46.0 Å². The summed E-state index contributed by atoms with van der Waals surface area (Å²) in [6.07, 6.45) is 2.64. The molecule has 2 aliphatic rings. The van der Waals surface area contributed by atoms with Gasteiger partial charge in [-0.1, -0.05) is 17.7 Å². The van der Waals surface area contributed by atoms with E-state index < -0.39 is 5.91 Å². The minimum absolute atomic E-state index is 0.354. The average Bonchev–Trinajstić information content (AvgIpc) is 3.22. The lowest BCUT2D eigenvalue weighted by Gasteiger charge is -2.36. The van der Waals surface area contributed by atoms with Gasteiger partial charge in [-0.2, -0.15) is 0 Å². The van der Waals surface area contributed by atoms with Crippen molar-refractivity contribution >= 4 is 17.4 Å². The highest BCUT2D eigenvalue weighted by atomic mass is 16.5.